The normalized spacial score (nSPS) is 8.25. The second-order valence-electron chi connectivity index (χ2n) is 0.513. The summed E-state index contributed by atoms with van der Waals surface area (Å²) in [6.45, 7) is 0. The van der Waals surface area contributed by atoms with E-state index in [4.69, 9.17) is 19.2 Å². The Hall–Kier alpha value is 2.21. The summed E-state index contributed by atoms with van der Waals surface area (Å²) in [6, 6.07) is 0. The van der Waals surface area contributed by atoms with Gasteiger partial charge in [0, 0.05) is 0 Å². The zero-order valence-corrected chi connectivity index (χ0v) is 9.05. The monoisotopic (exact) mass is 243 g/mol. The van der Waals surface area contributed by atoms with Crippen molar-refractivity contribution in [1.29, 1.82) is 0 Å². The van der Waals surface area contributed by atoms with E-state index >= 15 is 0 Å². The van der Waals surface area contributed by atoms with Crippen molar-refractivity contribution in [3.63, 3.8) is 0 Å². The van der Waals surface area contributed by atoms with Gasteiger partial charge in [-0.15, -0.1) is 0 Å². The molecule has 0 rings (SSSR count). The third kappa shape index (κ3) is 87.4. The van der Waals surface area contributed by atoms with Crippen LogP contribution in [0.4, 0.5) is 0 Å². The van der Waals surface area contributed by atoms with Gasteiger partial charge in [-0.2, -0.15) is 0 Å². The standard InChI is InChI=1S/Na.H3O4P.H3Si.Zr.H/c;1-5(2,3)4;;;/h;(H3,1,2,3,4);1H3;;. The van der Waals surface area contributed by atoms with Crippen molar-refractivity contribution in [1.82, 2.24) is 0 Å². The van der Waals surface area contributed by atoms with Gasteiger partial charge < -0.3 is 14.7 Å². The van der Waals surface area contributed by atoms with Crippen LogP contribution in [0.25, 0.3) is 0 Å². The molecule has 0 amide bonds. The molecule has 0 fully saturated rings. The zero-order valence-electron chi connectivity index (χ0n) is 3.70. The molecule has 0 heterocycles. The van der Waals surface area contributed by atoms with Gasteiger partial charge in [0.05, 0.1) is 0 Å². The van der Waals surface area contributed by atoms with Crippen molar-refractivity contribution >= 4 is 44.7 Å². The van der Waals surface area contributed by atoms with E-state index in [1.165, 1.54) is 7.37 Å². The van der Waals surface area contributed by atoms with Crippen LogP contribution in [0.5, 0.6) is 0 Å². The van der Waals surface area contributed by atoms with E-state index in [2.05, 4.69) is 0 Å². The maximum absolute atomic E-state index is 8.88. The Labute approximate surface area is 86.8 Å². The van der Waals surface area contributed by atoms with Crippen molar-refractivity contribution in [2.45, 2.75) is 0 Å². The van der Waals surface area contributed by atoms with E-state index in [-0.39, 0.29) is 29.6 Å². The molecule has 0 aromatic heterocycles. The molecule has 0 aliphatic carbocycles. The van der Waals surface area contributed by atoms with E-state index in [9.17, 15) is 0 Å². The van der Waals surface area contributed by atoms with Gasteiger partial charge in [-0.05, 0) is 0 Å². The van der Waals surface area contributed by atoms with E-state index < -0.39 is 7.82 Å². The summed E-state index contributed by atoms with van der Waals surface area (Å²) in [5, 5.41) is 0. The van der Waals surface area contributed by atoms with Crippen molar-refractivity contribution in [2.75, 3.05) is 0 Å². The minimum absolute atomic E-state index is 0. The third-order valence-electron chi connectivity index (χ3n) is 0. The van der Waals surface area contributed by atoms with Crippen LogP contribution in [-0.2, 0) is 28.4 Å². The first-order chi connectivity index (χ1) is 3.00. The van der Waals surface area contributed by atoms with E-state index in [1.54, 1.807) is 23.9 Å². The molecule has 45 valence electrons. The first kappa shape index (κ1) is 16.7. The summed E-state index contributed by atoms with van der Waals surface area (Å²) in [4.78, 5) is 21.6. The molecule has 0 bridgehead atoms. The Bertz CT molecular complexity index is 62.2. The molecule has 0 aliphatic rings. The molecule has 0 aromatic carbocycles. The quantitative estimate of drug-likeness (QED) is 0.319. The summed E-state index contributed by atoms with van der Waals surface area (Å²) in [6.07, 6.45) is 0. The molecule has 3 N–H and O–H groups in total. The number of phosphoric acid groups is 1. The van der Waals surface area contributed by atoms with Crippen molar-refractivity contribution in [2.24, 2.45) is 0 Å². The third-order valence-corrected chi connectivity index (χ3v) is 0. The molecule has 0 unspecified atom stereocenters. The molecule has 0 aliphatic heterocycles. The molecular formula is H7NaO4PSiZr. The van der Waals surface area contributed by atoms with Crippen LogP contribution in [-0.4, -0.2) is 51.6 Å². The van der Waals surface area contributed by atoms with Crippen molar-refractivity contribution < 1.29 is 43.1 Å². The maximum atomic E-state index is 8.88. The molecule has 8 heavy (non-hydrogen) atoms. The molecule has 0 aromatic rings. The van der Waals surface area contributed by atoms with Gasteiger partial charge in [-0.3, -0.25) is 0 Å². The minimum atomic E-state index is -4.64. The molecule has 0 radical (unpaired) electrons. The Morgan fingerprint density at radius 2 is 1.25 bits per heavy atom. The summed E-state index contributed by atoms with van der Waals surface area (Å²) in [5.41, 5.74) is 0. The topological polar surface area (TPSA) is 77.8 Å². The fourth-order valence-corrected chi connectivity index (χ4v) is 0. The molecule has 0 saturated carbocycles. The van der Waals surface area contributed by atoms with Crippen LogP contribution < -0.4 is 0 Å². The first-order valence-corrected chi connectivity index (χ1v) is 11.2. The Kier molecular flexibility index (Phi) is 19.2. The molecular weight excluding hydrogens is 237 g/mol. The van der Waals surface area contributed by atoms with E-state index in [0.717, 1.165) is 0 Å². The molecule has 8 heteroatoms. The van der Waals surface area contributed by atoms with Gasteiger partial charge in [-0.25, -0.2) is 4.57 Å². The molecule has 4 nitrogen and oxygen atoms in total. The Morgan fingerprint density at radius 1 is 1.25 bits per heavy atom. The van der Waals surface area contributed by atoms with E-state index in [1.807, 2.05) is 0 Å². The summed E-state index contributed by atoms with van der Waals surface area (Å²) in [5.74, 6) is 0. The second-order valence-corrected chi connectivity index (χ2v) is 1.54. The van der Waals surface area contributed by atoms with Gasteiger partial charge in [-0.1, -0.05) is 0 Å². The van der Waals surface area contributed by atoms with Crippen molar-refractivity contribution in [3.8, 4) is 0 Å². The molecule has 0 spiro atoms. The summed E-state index contributed by atoms with van der Waals surface area (Å²) >= 11 is 1.69. The van der Waals surface area contributed by atoms with Gasteiger partial charge in [0.25, 0.3) is 0 Å². The second kappa shape index (κ2) is 9.21. The van der Waals surface area contributed by atoms with Gasteiger partial charge >= 0.3 is 68.6 Å². The fourth-order valence-electron chi connectivity index (χ4n) is 0. The fraction of sp³-hybridized carbons (Fsp3) is 0. The predicted octanol–water partition coefficient (Wildman–Crippen LogP) is -2.76. The first-order valence-electron chi connectivity index (χ1n) is 1.28. The Morgan fingerprint density at radius 3 is 1.25 bits per heavy atom. The number of hydrogen-bond acceptors (Lipinski definition) is 1. The predicted molar refractivity (Wildman–Crippen MR) is 31.4 cm³/mol. The van der Waals surface area contributed by atoms with Crippen LogP contribution >= 0.6 is 7.82 Å². The number of hydrogen-bond donors (Lipinski definition) is 3. The van der Waals surface area contributed by atoms with Crippen LogP contribution in [0.1, 0.15) is 0 Å². The average Bonchev–Trinajstić information content (AvgIpc) is 1.36. The average molecular weight is 244 g/mol. The van der Waals surface area contributed by atoms with Gasteiger partial charge in [0.1, 0.15) is 0 Å². The van der Waals surface area contributed by atoms with Crippen LogP contribution in [0.15, 0.2) is 0 Å². The SMILES string of the molecule is O=P(O)(O)O.[NaH].[SiH3][Zr]. The van der Waals surface area contributed by atoms with Gasteiger partial charge in [0.15, 0.2) is 0 Å². The van der Waals surface area contributed by atoms with Gasteiger partial charge in [0.2, 0.25) is 0 Å². The molecule has 0 atom stereocenters. The van der Waals surface area contributed by atoms with Crippen LogP contribution in [0, 0.1) is 0 Å². The number of rotatable bonds is 0. The van der Waals surface area contributed by atoms with Crippen LogP contribution in [0.3, 0.4) is 0 Å². The van der Waals surface area contributed by atoms with E-state index in [0.29, 0.717) is 0 Å². The molecule has 0 saturated heterocycles. The summed E-state index contributed by atoms with van der Waals surface area (Å²) < 4.78 is 8.88. The zero-order chi connectivity index (χ0) is 6.50. The summed E-state index contributed by atoms with van der Waals surface area (Å²) in [7, 11) is -3.24. The van der Waals surface area contributed by atoms with Crippen LogP contribution in [0.2, 0.25) is 0 Å². The van der Waals surface area contributed by atoms with Crippen molar-refractivity contribution in [3.05, 3.63) is 0 Å². The Balaban J connectivity index is -0.0000000750.